The Morgan fingerprint density at radius 3 is 2.56 bits per heavy atom. The van der Waals surface area contributed by atoms with Crippen LogP contribution in [0.1, 0.15) is 4.88 Å². The fourth-order valence-corrected chi connectivity index (χ4v) is 5.53. The minimum Gasteiger partial charge on any atom is -0.343 e. The molecule has 1 fully saturated rings. The lowest BCUT2D eigenvalue weighted by Crippen LogP contribution is -2.50. The molecule has 1 saturated heterocycles. The minimum atomic E-state index is -3.56. The van der Waals surface area contributed by atoms with E-state index >= 15 is 0 Å². The van der Waals surface area contributed by atoms with E-state index in [1.54, 1.807) is 24.9 Å². The third kappa shape index (κ3) is 2.47. The lowest BCUT2D eigenvalue weighted by atomic mass is 10.4. The number of halogens is 1. The van der Waals surface area contributed by atoms with E-state index in [2.05, 4.69) is 15.9 Å². The second-order valence-electron chi connectivity index (χ2n) is 4.12. The zero-order valence-corrected chi connectivity index (χ0v) is 13.2. The smallest absolute Gasteiger partial charge is 0.244 e. The van der Waals surface area contributed by atoms with Gasteiger partial charge in [0.2, 0.25) is 15.9 Å². The molecule has 1 aliphatic heterocycles. The van der Waals surface area contributed by atoms with Gasteiger partial charge in [0.1, 0.15) is 0 Å². The molecule has 0 unspecified atom stereocenters. The highest BCUT2D eigenvalue weighted by molar-refractivity contribution is 9.11. The SMILES string of the molecule is Cc1sc(Br)cc1S(=O)(=O)N1CCN(C)C(=O)C1. The first-order chi connectivity index (χ1) is 8.32. The highest BCUT2D eigenvalue weighted by Crippen LogP contribution is 2.31. The molecule has 1 amide bonds. The molecular weight excluding hydrogens is 340 g/mol. The number of nitrogens with zero attached hydrogens (tertiary/aromatic N) is 2. The molecular formula is C10H13BrN2O3S2. The molecule has 0 spiro atoms. The number of piperazine rings is 1. The number of sulfonamides is 1. The van der Waals surface area contributed by atoms with E-state index in [9.17, 15) is 13.2 Å². The Kier molecular flexibility index (Phi) is 3.82. The van der Waals surface area contributed by atoms with Crippen molar-refractivity contribution in [3.8, 4) is 0 Å². The summed E-state index contributed by atoms with van der Waals surface area (Å²) in [7, 11) is -1.88. The van der Waals surface area contributed by atoms with Gasteiger partial charge in [-0.05, 0) is 28.9 Å². The zero-order valence-electron chi connectivity index (χ0n) is 10.0. The first-order valence-electron chi connectivity index (χ1n) is 5.32. The van der Waals surface area contributed by atoms with Crippen LogP contribution in [-0.4, -0.2) is 50.2 Å². The largest absolute Gasteiger partial charge is 0.343 e. The highest BCUT2D eigenvalue weighted by Gasteiger charge is 2.33. The summed E-state index contributed by atoms with van der Waals surface area (Å²) < 4.78 is 26.9. The van der Waals surface area contributed by atoms with Crippen molar-refractivity contribution in [2.45, 2.75) is 11.8 Å². The van der Waals surface area contributed by atoms with Gasteiger partial charge in [-0.1, -0.05) is 0 Å². The summed E-state index contributed by atoms with van der Waals surface area (Å²) >= 11 is 4.66. The number of hydrogen-bond donors (Lipinski definition) is 0. The quantitative estimate of drug-likeness (QED) is 0.805. The van der Waals surface area contributed by atoms with Crippen LogP contribution < -0.4 is 0 Å². The number of likely N-dealkylation sites (N-methyl/N-ethyl adjacent to an activating group) is 1. The first kappa shape index (κ1) is 14.0. The lowest BCUT2D eigenvalue weighted by Gasteiger charge is -2.31. The number of carbonyl (C=O) groups is 1. The average Bonchev–Trinajstić information content (AvgIpc) is 2.62. The summed E-state index contributed by atoms with van der Waals surface area (Å²) in [4.78, 5) is 14.1. The fourth-order valence-electron chi connectivity index (χ4n) is 1.77. The third-order valence-corrected chi connectivity index (χ3v) is 6.54. The number of thiophene rings is 1. The van der Waals surface area contributed by atoms with Crippen molar-refractivity contribution in [2.75, 3.05) is 26.7 Å². The highest BCUT2D eigenvalue weighted by atomic mass is 79.9. The van der Waals surface area contributed by atoms with Crippen LogP contribution in [0, 0.1) is 6.92 Å². The number of amides is 1. The number of rotatable bonds is 2. The van der Waals surface area contributed by atoms with Gasteiger partial charge in [0.15, 0.2) is 0 Å². The maximum atomic E-state index is 12.4. The normalized spacial score (nSPS) is 18.4. The van der Waals surface area contributed by atoms with Crippen molar-refractivity contribution in [1.29, 1.82) is 0 Å². The molecule has 0 atom stereocenters. The van der Waals surface area contributed by atoms with Crippen LogP contribution in [0.2, 0.25) is 0 Å². The van der Waals surface area contributed by atoms with Crippen molar-refractivity contribution in [3.05, 3.63) is 14.7 Å². The Hall–Kier alpha value is -0.440. The van der Waals surface area contributed by atoms with E-state index in [4.69, 9.17) is 0 Å². The third-order valence-electron chi connectivity index (χ3n) is 2.88. The molecule has 0 bridgehead atoms. The number of hydrogen-bond acceptors (Lipinski definition) is 4. The van der Waals surface area contributed by atoms with E-state index in [1.165, 1.54) is 15.6 Å². The van der Waals surface area contributed by atoms with Crippen molar-refractivity contribution < 1.29 is 13.2 Å². The molecule has 0 aromatic carbocycles. The molecule has 1 aliphatic rings. The molecule has 0 radical (unpaired) electrons. The van der Waals surface area contributed by atoms with E-state index in [1.807, 2.05) is 0 Å². The van der Waals surface area contributed by atoms with E-state index in [0.29, 0.717) is 13.1 Å². The standard InChI is InChI=1S/C10H13BrN2O3S2/c1-7-8(5-9(11)17-7)18(15,16)13-4-3-12(2)10(14)6-13/h5H,3-4,6H2,1-2H3. The van der Waals surface area contributed by atoms with E-state index < -0.39 is 10.0 Å². The van der Waals surface area contributed by atoms with Crippen molar-refractivity contribution in [2.24, 2.45) is 0 Å². The Bertz CT molecular complexity index is 582. The van der Waals surface area contributed by atoms with Crippen LogP contribution >= 0.6 is 27.3 Å². The van der Waals surface area contributed by atoms with Gasteiger partial charge in [-0.2, -0.15) is 4.31 Å². The Morgan fingerprint density at radius 2 is 2.06 bits per heavy atom. The van der Waals surface area contributed by atoms with Crippen LogP contribution in [-0.2, 0) is 14.8 Å². The Morgan fingerprint density at radius 1 is 1.39 bits per heavy atom. The predicted octanol–water partition coefficient (Wildman–Crippen LogP) is 1.28. The molecule has 2 rings (SSSR count). The zero-order chi connectivity index (χ0) is 13.5. The van der Waals surface area contributed by atoms with Crippen LogP contribution in [0.5, 0.6) is 0 Å². The molecule has 0 N–H and O–H groups in total. The predicted molar refractivity (Wildman–Crippen MR) is 73.2 cm³/mol. The summed E-state index contributed by atoms with van der Waals surface area (Å²) in [6.07, 6.45) is 0. The molecule has 2 heterocycles. The summed E-state index contributed by atoms with van der Waals surface area (Å²) in [5.74, 6) is -0.170. The number of aryl methyl sites for hydroxylation is 1. The minimum absolute atomic E-state index is 0.0776. The molecule has 8 heteroatoms. The van der Waals surface area contributed by atoms with Crippen LogP contribution in [0.15, 0.2) is 14.7 Å². The molecule has 5 nitrogen and oxygen atoms in total. The van der Waals surface area contributed by atoms with Crippen LogP contribution in [0.3, 0.4) is 0 Å². The van der Waals surface area contributed by atoms with E-state index in [0.717, 1.165) is 8.66 Å². The Labute approximate surface area is 119 Å². The molecule has 1 aromatic rings. The summed E-state index contributed by atoms with van der Waals surface area (Å²) in [6, 6.07) is 1.60. The molecule has 100 valence electrons. The molecule has 18 heavy (non-hydrogen) atoms. The molecule has 1 aromatic heterocycles. The van der Waals surface area contributed by atoms with Gasteiger partial charge in [-0.25, -0.2) is 8.42 Å². The summed E-state index contributed by atoms with van der Waals surface area (Å²) in [6.45, 7) is 2.46. The lowest BCUT2D eigenvalue weighted by molar-refractivity contribution is -0.132. The van der Waals surface area contributed by atoms with Crippen molar-refractivity contribution in [3.63, 3.8) is 0 Å². The topological polar surface area (TPSA) is 57.7 Å². The maximum absolute atomic E-state index is 12.4. The second-order valence-corrected chi connectivity index (χ2v) is 8.67. The molecule has 0 aliphatic carbocycles. The Balaban J connectivity index is 2.32. The van der Waals surface area contributed by atoms with Gasteiger partial charge in [-0.3, -0.25) is 4.79 Å². The first-order valence-corrected chi connectivity index (χ1v) is 8.37. The van der Waals surface area contributed by atoms with Gasteiger partial charge in [-0.15, -0.1) is 11.3 Å². The monoisotopic (exact) mass is 352 g/mol. The van der Waals surface area contributed by atoms with E-state index in [-0.39, 0.29) is 17.3 Å². The fraction of sp³-hybridized carbons (Fsp3) is 0.500. The van der Waals surface area contributed by atoms with Gasteiger partial charge < -0.3 is 4.90 Å². The van der Waals surface area contributed by atoms with Gasteiger partial charge in [0, 0.05) is 25.0 Å². The van der Waals surface area contributed by atoms with Gasteiger partial charge in [0.25, 0.3) is 0 Å². The second kappa shape index (κ2) is 4.92. The maximum Gasteiger partial charge on any atom is 0.244 e. The van der Waals surface area contributed by atoms with Gasteiger partial charge in [0.05, 0.1) is 15.2 Å². The number of carbonyl (C=O) groups excluding carboxylic acids is 1. The van der Waals surface area contributed by atoms with Crippen molar-refractivity contribution >= 4 is 43.2 Å². The van der Waals surface area contributed by atoms with Crippen molar-refractivity contribution in [1.82, 2.24) is 9.21 Å². The van der Waals surface area contributed by atoms with Gasteiger partial charge >= 0.3 is 0 Å². The summed E-state index contributed by atoms with van der Waals surface area (Å²) in [5, 5.41) is 0. The van der Waals surface area contributed by atoms with Crippen LogP contribution in [0.25, 0.3) is 0 Å². The van der Waals surface area contributed by atoms with Crippen LogP contribution in [0.4, 0.5) is 0 Å². The summed E-state index contributed by atoms with van der Waals surface area (Å²) in [5.41, 5.74) is 0. The molecule has 0 saturated carbocycles. The average molecular weight is 353 g/mol.